The lowest BCUT2D eigenvalue weighted by atomic mass is 9.79. The average molecular weight is 344 g/mol. The van der Waals surface area contributed by atoms with E-state index in [9.17, 15) is 4.79 Å². The summed E-state index contributed by atoms with van der Waals surface area (Å²) in [4.78, 5) is 18.6. The van der Waals surface area contributed by atoms with Crippen LogP contribution in [0.3, 0.4) is 0 Å². The van der Waals surface area contributed by atoms with Gasteiger partial charge in [-0.1, -0.05) is 0 Å². The number of nitrogens with one attached hydrogen (secondary N) is 1. The van der Waals surface area contributed by atoms with Crippen LogP contribution in [0, 0.1) is 5.92 Å². The van der Waals surface area contributed by atoms with E-state index in [0.29, 0.717) is 18.3 Å². The van der Waals surface area contributed by atoms with Crippen molar-refractivity contribution in [3.63, 3.8) is 0 Å². The van der Waals surface area contributed by atoms with Crippen LogP contribution < -0.4 is 5.32 Å². The lowest BCUT2D eigenvalue weighted by molar-refractivity contribution is -0.138. The first kappa shape index (κ1) is 16.4. The molecule has 7 heteroatoms. The molecule has 2 aliphatic rings. The fourth-order valence-corrected chi connectivity index (χ4v) is 4.01. The van der Waals surface area contributed by atoms with Gasteiger partial charge in [0.05, 0.1) is 18.4 Å². The molecule has 2 aromatic heterocycles. The number of imidazole rings is 1. The normalized spacial score (nSPS) is 22.2. The molecule has 0 aromatic carbocycles. The maximum atomic E-state index is 12.1. The molecule has 1 unspecified atom stereocenters. The highest BCUT2D eigenvalue weighted by molar-refractivity contribution is 5.90. The van der Waals surface area contributed by atoms with Crippen molar-refractivity contribution in [1.82, 2.24) is 19.8 Å². The summed E-state index contributed by atoms with van der Waals surface area (Å²) in [5, 5.41) is 2.98. The van der Waals surface area contributed by atoms with Gasteiger partial charge in [0.1, 0.15) is 5.76 Å². The van der Waals surface area contributed by atoms with Gasteiger partial charge < -0.3 is 19.0 Å². The molecule has 1 amide bonds. The maximum Gasteiger partial charge on any atom is 0.287 e. The number of aromatic nitrogens is 2. The van der Waals surface area contributed by atoms with E-state index in [1.807, 2.05) is 19.2 Å². The molecule has 2 aromatic rings. The number of hydrogen-bond acceptors (Lipinski definition) is 5. The smallest absolute Gasteiger partial charge is 0.287 e. The molecule has 0 bridgehead atoms. The van der Waals surface area contributed by atoms with Gasteiger partial charge in [-0.15, -0.1) is 0 Å². The Bertz CT molecular complexity index is 719. The minimum absolute atomic E-state index is 0.0411. The number of ether oxygens (including phenoxy) is 1. The van der Waals surface area contributed by atoms with Crippen LogP contribution >= 0.6 is 0 Å². The van der Waals surface area contributed by atoms with Gasteiger partial charge in [-0.25, -0.2) is 4.98 Å². The fraction of sp³-hybridized carbons (Fsp3) is 0.556. The van der Waals surface area contributed by atoms with Crippen LogP contribution in [0.1, 0.15) is 29.2 Å². The van der Waals surface area contributed by atoms with Crippen LogP contribution in [-0.2, 0) is 18.3 Å². The molecule has 4 heterocycles. The van der Waals surface area contributed by atoms with E-state index in [-0.39, 0.29) is 11.5 Å². The summed E-state index contributed by atoms with van der Waals surface area (Å²) in [5.74, 6) is 1.81. The van der Waals surface area contributed by atoms with Gasteiger partial charge in [0.25, 0.3) is 5.91 Å². The molecule has 2 saturated heterocycles. The average Bonchev–Trinajstić information content (AvgIpc) is 3.28. The third-order valence-corrected chi connectivity index (χ3v) is 5.34. The number of furan rings is 1. The van der Waals surface area contributed by atoms with E-state index in [1.54, 1.807) is 23.2 Å². The van der Waals surface area contributed by atoms with Crippen molar-refractivity contribution < 1.29 is 13.9 Å². The minimum atomic E-state index is -0.117. The minimum Gasteiger partial charge on any atom is -0.468 e. The fourth-order valence-electron chi connectivity index (χ4n) is 4.01. The Labute approximate surface area is 147 Å². The largest absolute Gasteiger partial charge is 0.468 e. The van der Waals surface area contributed by atoms with Crippen molar-refractivity contribution in [2.24, 2.45) is 13.0 Å². The second-order valence-corrected chi connectivity index (χ2v) is 7.03. The van der Waals surface area contributed by atoms with Crippen molar-refractivity contribution in [1.29, 1.82) is 0 Å². The number of carbonyl (C=O) groups excluding carboxylic acids is 1. The predicted molar refractivity (Wildman–Crippen MR) is 90.9 cm³/mol. The number of aryl methyl sites for hydroxylation is 1. The first-order chi connectivity index (χ1) is 12.2. The highest BCUT2D eigenvalue weighted by atomic mass is 16.5. The van der Waals surface area contributed by atoms with Gasteiger partial charge in [-0.3, -0.25) is 9.69 Å². The number of nitrogens with zero attached hydrogens (tertiary/aromatic N) is 3. The SMILES string of the molecule is Cn1ccnc1C(=O)NCCC1CCOC12CN(Cc1ccco1)C2. The monoisotopic (exact) mass is 344 g/mol. The number of carbonyl (C=O) groups is 1. The summed E-state index contributed by atoms with van der Waals surface area (Å²) in [5.41, 5.74) is -0.0411. The van der Waals surface area contributed by atoms with Crippen LogP contribution in [0.15, 0.2) is 35.2 Å². The van der Waals surface area contributed by atoms with Gasteiger partial charge >= 0.3 is 0 Å². The Kier molecular flexibility index (Phi) is 4.35. The predicted octanol–water partition coefficient (Wildman–Crippen LogP) is 1.42. The summed E-state index contributed by atoms with van der Waals surface area (Å²) in [6.07, 6.45) is 7.12. The zero-order valence-electron chi connectivity index (χ0n) is 14.5. The van der Waals surface area contributed by atoms with Gasteiger partial charge in [0, 0.05) is 45.7 Å². The van der Waals surface area contributed by atoms with Gasteiger partial charge in [-0.05, 0) is 30.9 Å². The molecule has 1 spiro atoms. The van der Waals surface area contributed by atoms with Gasteiger partial charge in [-0.2, -0.15) is 0 Å². The lowest BCUT2D eigenvalue weighted by Crippen LogP contribution is -2.64. The summed E-state index contributed by atoms with van der Waals surface area (Å²) in [6.45, 7) is 4.17. The molecule has 2 fully saturated rings. The third-order valence-electron chi connectivity index (χ3n) is 5.34. The molecule has 1 atom stereocenters. The maximum absolute atomic E-state index is 12.1. The lowest BCUT2D eigenvalue weighted by Gasteiger charge is -2.50. The van der Waals surface area contributed by atoms with Crippen LogP contribution in [0.2, 0.25) is 0 Å². The van der Waals surface area contributed by atoms with E-state index in [2.05, 4.69) is 15.2 Å². The van der Waals surface area contributed by atoms with E-state index in [0.717, 1.165) is 44.8 Å². The Morgan fingerprint density at radius 1 is 1.48 bits per heavy atom. The highest BCUT2D eigenvalue weighted by Crippen LogP contribution is 2.42. The molecule has 7 nitrogen and oxygen atoms in total. The van der Waals surface area contributed by atoms with Crippen LogP contribution in [-0.4, -0.2) is 52.2 Å². The molecular weight excluding hydrogens is 320 g/mol. The molecule has 2 aliphatic heterocycles. The quantitative estimate of drug-likeness (QED) is 0.858. The number of rotatable bonds is 6. The first-order valence-electron chi connectivity index (χ1n) is 8.80. The summed E-state index contributed by atoms with van der Waals surface area (Å²) < 4.78 is 13.2. The van der Waals surface area contributed by atoms with E-state index in [4.69, 9.17) is 9.15 Å². The van der Waals surface area contributed by atoms with E-state index in [1.165, 1.54) is 0 Å². The molecule has 0 aliphatic carbocycles. The second-order valence-electron chi connectivity index (χ2n) is 7.03. The molecular formula is C18H24N4O3. The second kappa shape index (κ2) is 6.65. The molecule has 0 saturated carbocycles. The van der Waals surface area contributed by atoms with E-state index < -0.39 is 0 Å². The highest BCUT2D eigenvalue weighted by Gasteiger charge is 2.52. The zero-order chi connectivity index (χ0) is 17.3. The van der Waals surface area contributed by atoms with Crippen molar-refractivity contribution in [2.75, 3.05) is 26.2 Å². The van der Waals surface area contributed by atoms with Gasteiger partial charge in [0.15, 0.2) is 5.82 Å². The molecule has 1 N–H and O–H groups in total. The van der Waals surface area contributed by atoms with Crippen molar-refractivity contribution in [2.45, 2.75) is 25.0 Å². The number of amides is 1. The first-order valence-corrected chi connectivity index (χ1v) is 8.80. The summed E-state index contributed by atoms with van der Waals surface area (Å²) in [7, 11) is 1.82. The van der Waals surface area contributed by atoms with Gasteiger partial charge in [0.2, 0.25) is 0 Å². The number of hydrogen-bond donors (Lipinski definition) is 1. The number of likely N-dealkylation sites (tertiary alicyclic amines) is 1. The molecule has 134 valence electrons. The van der Waals surface area contributed by atoms with Crippen LogP contribution in [0.5, 0.6) is 0 Å². The van der Waals surface area contributed by atoms with Crippen LogP contribution in [0.4, 0.5) is 0 Å². The summed E-state index contributed by atoms with van der Waals surface area (Å²) >= 11 is 0. The van der Waals surface area contributed by atoms with E-state index >= 15 is 0 Å². The van der Waals surface area contributed by atoms with Crippen molar-refractivity contribution in [3.8, 4) is 0 Å². The topological polar surface area (TPSA) is 72.5 Å². The standard InChI is InChI=1S/C18H24N4O3/c1-21-8-7-19-16(21)17(23)20-6-4-14-5-10-25-18(14)12-22(13-18)11-15-3-2-9-24-15/h2-3,7-9,14H,4-6,10-13H2,1H3,(H,20,23). The van der Waals surface area contributed by atoms with Crippen molar-refractivity contribution >= 4 is 5.91 Å². The molecule has 4 rings (SSSR count). The molecule has 25 heavy (non-hydrogen) atoms. The Morgan fingerprint density at radius 2 is 2.36 bits per heavy atom. The summed E-state index contributed by atoms with van der Waals surface area (Å²) in [6, 6.07) is 3.93. The van der Waals surface area contributed by atoms with Crippen molar-refractivity contribution in [3.05, 3.63) is 42.4 Å². The Morgan fingerprint density at radius 3 is 3.08 bits per heavy atom. The van der Waals surface area contributed by atoms with Crippen LogP contribution in [0.25, 0.3) is 0 Å². The third kappa shape index (κ3) is 3.21. The molecule has 0 radical (unpaired) electrons. The zero-order valence-corrected chi connectivity index (χ0v) is 14.5. The Balaban J connectivity index is 1.25. The Hall–Kier alpha value is -2.12.